The Bertz CT molecular complexity index is 560. The number of likely N-dealkylation sites (tertiary alicyclic amines) is 1. The summed E-state index contributed by atoms with van der Waals surface area (Å²) in [5.74, 6) is 1.04. The zero-order chi connectivity index (χ0) is 16.8. The van der Waals surface area contributed by atoms with Crippen molar-refractivity contribution in [2.45, 2.75) is 51.4 Å². The van der Waals surface area contributed by atoms with E-state index in [2.05, 4.69) is 30.3 Å². The number of aryl methyl sites for hydroxylation is 1. The minimum atomic E-state index is 0.315. The van der Waals surface area contributed by atoms with E-state index in [1.54, 1.807) is 5.57 Å². The van der Waals surface area contributed by atoms with Gasteiger partial charge < -0.3 is 10.6 Å². The molecule has 24 heavy (non-hydrogen) atoms. The van der Waals surface area contributed by atoms with Gasteiger partial charge in [-0.1, -0.05) is 35.9 Å². The number of nitrogens with two attached hydrogens (primary N) is 1. The number of benzene rings is 1. The van der Waals surface area contributed by atoms with E-state index in [0.717, 1.165) is 32.0 Å². The SMILES string of the molecule is NCC1CCC(=Cc2ccc(CCC(=O)N3CCCC3)cc2)CC1. The molecule has 2 fully saturated rings. The van der Waals surface area contributed by atoms with Crippen LogP contribution >= 0.6 is 0 Å². The first kappa shape index (κ1) is 17.2. The Morgan fingerprint density at radius 3 is 2.42 bits per heavy atom. The minimum Gasteiger partial charge on any atom is -0.343 e. The lowest BCUT2D eigenvalue weighted by Crippen LogP contribution is -2.27. The Kier molecular flexibility index (Phi) is 6.08. The standard InChI is InChI=1S/C21H30N2O/c22-16-20-9-7-19(8-10-20)15-18-5-3-17(4-6-18)11-12-21(24)23-13-1-2-14-23/h3-6,15,20H,1-2,7-14,16,22H2. The molecule has 1 amide bonds. The summed E-state index contributed by atoms with van der Waals surface area (Å²) in [6.45, 7) is 2.74. The third kappa shape index (κ3) is 4.70. The predicted octanol–water partition coefficient (Wildman–Crippen LogP) is 3.77. The average molecular weight is 326 g/mol. The molecule has 0 unspecified atom stereocenters. The Balaban J connectivity index is 1.49. The summed E-state index contributed by atoms with van der Waals surface area (Å²) in [4.78, 5) is 14.1. The molecule has 2 N–H and O–H groups in total. The third-order valence-electron chi connectivity index (χ3n) is 5.52. The monoisotopic (exact) mass is 326 g/mol. The van der Waals surface area contributed by atoms with Gasteiger partial charge in [-0.05, 0) is 68.5 Å². The van der Waals surface area contributed by atoms with Crippen molar-refractivity contribution < 1.29 is 4.79 Å². The molecule has 0 atom stereocenters. The van der Waals surface area contributed by atoms with E-state index in [4.69, 9.17) is 5.73 Å². The Morgan fingerprint density at radius 1 is 1.12 bits per heavy atom. The van der Waals surface area contributed by atoms with Gasteiger partial charge in [-0.2, -0.15) is 0 Å². The molecular formula is C21H30N2O. The first-order valence-electron chi connectivity index (χ1n) is 9.51. The van der Waals surface area contributed by atoms with Crippen molar-refractivity contribution in [2.24, 2.45) is 11.7 Å². The van der Waals surface area contributed by atoms with Crippen molar-refractivity contribution in [3.63, 3.8) is 0 Å². The molecule has 3 heteroatoms. The highest BCUT2D eigenvalue weighted by atomic mass is 16.2. The van der Waals surface area contributed by atoms with Crippen LogP contribution in [0.2, 0.25) is 0 Å². The lowest BCUT2D eigenvalue weighted by Gasteiger charge is -2.22. The molecule has 1 heterocycles. The molecule has 3 rings (SSSR count). The second-order valence-corrected chi connectivity index (χ2v) is 7.31. The molecule has 0 spiro atoms. The molecule has 0 aromatic heterocycles. The van der Waals surface area contributed by atoms with Gasteiger partial charge >= 0.3 is 0 Å². The van der Waals surface area contributed by atoms with E-state index in [1.807, 2.05) is 4.90 Å². The van der Waals surface area contributed by atoms with Crippen molar-refractivity contribution in [1.82, 2.24) is 4.90 Å². The molecule has 2 aliphatic rings. The van der Waals surface area contributed by atoms with E-state index in [1.165, 1.54) is 49.7 Å². The van der Waals surface area contributed by atoms with Crippen molar-refractivity contribution >= 4 is 12.0 Å². The largest absolute Gasteiger partial charge is 0.343 e. The van der Waals surface area contributed by atoms with Crippen LogP contribution in [0.1, 0.15) is 56.1 Å². The molecule has 130 valence electrons. The highest BCUT2D eigenvalue weighted by Gasteiger charge is 2.17. The summed E-state index contributed by atoms with van der Waals surface area (Å²) in [5.41, 5.74) is 9.86. The average Bonchev–Trinajstić information content (AvgIpc) is 3.16. The molecule has 1 aromatic carbocycles. The Morgan fingerprint density at radius 2 is 1.79 bits per heavy atom. The summed E-state index contributed by atoms with van der Waals surface area (Å²) in [5, 5.41) is 0. The second kappa shape index (κ2) is 8.48. The Labute approximate surface area is 145 Å². The van der Waals surface area contributed by atoms with Gasteiger partial charge in [-0.3, -0.25) is 4.79 Å². The van der Waals surface area contributed by atoms with E-state index >= 15 is 0 Å². The van der Waals surface area contributed by atoms with Crippen LogP contribution in [0.5, 0.6) is 0 Å². The molecule has 0 radical (unpaired) electrons. The fraction of sp³-hybridized carbons (Fsp3) is 0.571. The normalized spacial score (nSPS) is 21.1. The quantitative estimate of drug-likeness (QED) is 0.895. The molecule has 1 saturated heterocycles. The van der Waals surface area contributed by atoms with Crippen molar-refractivity contribution in [1.29, 1.82) is 0 Å². The van der Waals surface area contributed by atoms with Crippen LogP contribution < -0.4 is 5.73 Å². The highest BCUT2D eigenvalue weighted by molar-refractivity contribution is 5.76. The van der Waals surface area contributed by atoms with Gasteiger partial charge in [0.05, 0.1) is 0 Å². The van der Waals surface area contributed by atoms with E-state index in [9.17, 15) is 4.79 Å². The van der Waals surface area contributed by atoms with E-state index in [0.29, 0.717) is 12.3 Å². The smallest absolute Gasteiger partial charge is 0.222 e. The molecule has 1 aliphatic carbocycles. The maximum absolute atomic E-state index is 12.1. The van der Waals surface area contributed by atoms with E-state index < -0.39 is 0 Å². The van der Waals surface area contributed by atoms with Gasteiger partial charge in [-0.15, -0.1) is 0 Å². The maximum atomic E-state index is 12.1. The Hall–Kier alpha value is -1.61. The summed E-state index contributed by atoms with van der Waals surface area (Å²) < 4.78 is 0. The van der Waals surface area contributed by atoms with Crippen LogP contribution in [0.4, 0.5) is 0 Å². The van der Waals surface area contributed by atoms with Gasteiger partial charge in [0.15, 0.2) is 0 Å². The lowest BCUT2D eigenvalue weighted by molar-refractivity contribution is -0.130. The number of hydrogen-bond acceptors (Lipinski definition) is 2. The van der Waals surface area contributed by atoms with Crippen LogP contribution in [-0.2, 0) is 11.2 Å². The number of hydrogen-bond donors (Lipinski definition) is 1. The topological polar surface area (TPSA) is 46.3 Å². The molecule has 0 bridgehead atoms. The van der Waals surface area contributed by atoms with Crippen LogP contribution in [0.3, 0.4) is 0 Å². The fourth-order valence-corrected chi connectivity index (χ4v) is 3.82. The van der Waals surface area contributed by atoms with Gasteiger partial charge in [0.1, 0.15) is 0 Å². The first-order chi connectivity index (χ1) is 11.7. The lowest BCUT2D eigenvalue weighted by atomic mass is 9.85. The minimum absolute atomic E-state index is 0.315. The predicted molar refractivity (Wildman–Crippen MR) is 99.6 cm³/mol. The van der Waals surface area contributed by atoms with Gasteiger partial charge in [0, 0.05) is 19.5 Å². The summed E-state index contributed by atoms with van der Waals surface area (Å²) in [7, 11) is 0. The molecule has 3 nitrogen and oxygen atoms in total. The zero-order valence-electron chi connectivity index (χ0n) is 14.7. The number of carbonyl (C=O) groups is 1. The molecule has 1 saturated carbocycles. The summed E-state index contributed by atoms with van der Waals surface area (Å²) >= 11 is 0. The van der Waals surface area contributed by atoms with Crippen LogP contribution in [-0.4, -0.2) is 30.4 Å². The number of rotatable bonds is 5. The van der Waals surface area contributed by atoms with Crippen LogP contribution in [0.15, 0.2) is 29.8 Å². The number of allylic oxidation sites excluding steroid dienone is 1. The summed E-state index contributed by atoms with van der Waals surface area (Å²) in [6.07, 6.45) is 11.0. The van der Waals surface area contributed by atoms with Crippen molar-refractivity contribution in [3.8, 4) is 0 Å². The van der Waals surface area contributed by atoms with Crippen molar-refractivity contribution in [2.75, 3.05) is 19.6 Å². The molecular weight excluding hydrogens is 296 g/mol. The molecule has 1 aromatic rings. The second-order valence-electron chi connectivity index (χ2n) is 7.31. The fourth-order valence-electron chi connectivity index (χ4n) is 3.82. The van der Waals surface area contributed by atoms with Crippen LogP contribution in [0, 0.1) is 5.92 Å². The van der Waals surface area contributed by atoms with E-state index in [-0.39, 0.29) is 0 Å². The maximum Gasteiger partial charge on any atom is 0.222 e. The van der Waals surface area contributed by atoms with Crippen molar-refractivity contribution in [3.05, 3.63) is 41.0 Å². The van der Waals surface area contributed by atoms with Gasteiger partial charge in [0.25, 0.3) is 0 Å². The summed E-state index contributed by atoms with van der Waals surface area (Å²) in [6, 6.07) is 8.74. The van der Waals surface area contributed by atoms with Gasteiger partial charge in [-0.25, -0.2) is 0 Å². The highest BCUT2D eigenvalue weighted by Crippen LogP contribution is 2.29. The number of carbonyl (C=O) groups excluding carboxylic acids is 1. The zero-order valence-corrected chi connectivity index (χ0v) is 14.7. The third-order valence-corrected chi connectivity index (χ3v) is 5.52. The van der Waals surface area contributed by atoms with Gasteiger partial charge in [0.2, 0.25) is 5.91 Å². The number of amides is 1. The first-order valence-corrected chi connectivity index (χ1v) is 9.51. The molecule has 1 aliphatic heterocycles. The number of nitrogens with zero attached hydrogens (tertiary/aromatic N) is 1. The van der Waals surface area contributed by atoms with Crippen LogP contribution in [0.25, 0.3) is 6.08 Å².